The van der Waals surface area contributed by atoms with Crippen molar-refractivity contribution in [3.8, 4) is 0 Å². The number of carbonyl (C=O) groups excluding carboxylic acids is 1. The molecule has 0 radical (unpaired) electrons. The first kappa shape index (κ1) is 9.98. The Balaban J connectivity index is 4.00. The number of hydrogen-bond donors (Lipinski definition) is 0. The molecule has 0 aliphatic heterocycles. The standard InChI is InChI=1S/C7H14O2S/c1-4-7(6-8,9-3)10-5-2/h6H,4-5H2,1-3H3. The van der Waals surface area contributed by atoms with Crippen LogP contribution in [0.25, 0.3) is 0 Å². The number of ether oxygens (including phenoxy) is 1. The minimum Gasteiger partial charge on any atom is -0.360 e. The van der Waals surface area contributed by atoms with Gasteiger partial charge in [-0.25, -0.2) is 0 Å². The Morgan fingerprint density at radius 1 is 1.60 bits per heavy atom. The molecular formula is C7H14O2S. The van der Waals surface area contributed by atoms with Crippen molar-refractivity contribution in [2.45, 2.75) is 25.2 Å². The fourth-order valence-electron chi connectivity index (χ4n) is 0.715. The highest BCUT2D eigenvalue weighted by Gasteiger charge is 2.26. The lowest BCUT2D eigenvalue weighted by Gasteiger charge is -2.22. The Kier molecular flexibility index (Phi) is 4.73. The van der Waals surface area contributed by atoms with Crippen molar-refractivity contribution in [2.75, 3.05) is 12.9 Å². The highest BCUT2D eigenvalue weighted by atomic mass is 32.2. The van der Waals surface area contributed by atoms with E-state index in [1.807, 2.05) is 13.8 Å². The van der Waals surface area contributed by atoms with Gasteiger partial charge in [0.25, 0.3) is 0 Å². The smallest absolute Gasteiger partial charge is 0.168 e. The monoisotopic (exact) mass is 162 g/mol. The van der Waals surface area contributed by atoms with Gasteiger partial charge in [-0.3, -0.25) is 4.79 Å². The zero-order valence-electron chi connectivity index (χ0n) is 6.72. The molecule has 0 fully saturated rings. The molecule has 0 heterocycles. The molecule has 0 aliphatic rings. The van der Waals surface area contributed by atoms with Crippen molar-refractivity contribution in [3.05, 3.63) is 0 Å². The van der Waals surface area contributed by atoms with Gasteiger partial charge in [0.15, 0.2) is 11.2 Å². The molecule has 10 heavy (non-hydrogen) atoms. The molecule has 0 N–H and O–H groups in total. The maximum absolute atomic E-state index is 10.5. The van der Waals surface area contributed by atoms with E-state index in [-0.39, 0.29) is 0 Å². The van der Waals surface area contributed by atoms with Crippen molar-refractivity contribution < 1.29 is 9.53 Å². The van der Waals surface area contributed by atoms with E-state index in [9.17, 15) is 4.79 Å². The number of carbonyl (C=O) groups is 1. The van der Waals surface area contributed by atoms with E-state index in [0.29, 0.717) is 0 Å². The topological polar surface area (TPSA) is 26.3 Å². The van der Waals surface area contributed by atoms with Gasteiger partial charge in [-0.1, -0.05) is 13.8 Å². The Labute approximate surface area is 66.3 Å². The van der Waals surface area contributed by atoms with Gasteiger partial charge in [0.2, 0.25) is 0 Å². The van der Waals surface area contributed by atoms with E-state index in [4.69, 9.17) is 4.74 Å². The number of thioether (sulfide) groups is 1. The van der Waals surface area contributed by atoms with Gasteiger partial charge in [0.05, 0.1) is 0 Å². The molecule has 0 amide bonds. The minimum atomic E-state index is -0.589. The van der Waals surface area contributed by atoms with E-state index >= 15 is 0 Å². The average Bonchev–Trinajstić information content (AvgIpc) is 2.01. The van der Waals surface area contributed by atoms with E-state index < -0.39 is 4.93 Å². The van der Waals surface area contributed by atoms with Crippen molar-refractivity contribution >= 4 is 18.0 Å². The van der Waals surface area contributed by atoms with E-state index in [1.54, 1.807) is 7.11 Å². The molecular weight excluding hydrogens is 148 g/mol. The summed E-state index contributed by atoms with van der Waals surface area (Å²) in [6, 6.07) is 0. The summed E-state index contributed by atoms with van der Waals surface area (Å²) in [7, 11) is 1.57. The molecule has 0 aliphatic carbocycles. The minimum absolute atomic E-state index is 0.589. The SMILES string of the molecule is CCSC(C=O)(CC)OC. The fourth-order valence-corrected chi connectivity index (χ4v) is 1.59. The molecule has 3 heteroatoms. The summed E-state index contributed by atoms with van der Waals surface area (Å²) in [5.41, 5.74) is 0. The summed E-state index contributed by atoms with van der Waals surface area (Å²) >= 11 is 1.53. The summed E-state index contributed by atoms with van der Waals surface area (Å²) in [6.45, 7) is 3.96. The molecule has 0 aromatic carbocycles. The molecule has 0 saturated heterocycles. The van der Waals surface area contributed by atoms with E-state index in [0.717, 1.165) is 18.5 Å². The van der Waals surface area contributed by atoms with Crippen LogP contribution in [0.15, 0.2) is 0 Å². The Hall–Kier alpha value is -0.0200. The highest BCUT2D eigenvalue weighted by Crippen LogP contribution is 2.26. The average molecular weight is 162 g/mol. The van der Waals surface area contributed by atoms with Crippen LogP contribution in [0.3, 0.4) is 0 Å². The molecule has 0 aromatic rings. The summed E-state index contributed by atoms with van der Waals surface area (Å²) in [6.07, 6.45) is 1.60. The first-order chi connectivity index (χ1) is 4.74. The molecule has 1 atom stereocenters. The third-order valence-corrected chi connectivity index (χ3v) is 2.74. The summed E-state index contributed by atoms with van der Waals surface area (Å²) in [5, 5.41) is 0. The van der Waals surface area contributed by atoms with Crippen LogP contribution in [0, 0.1) is 0 Å². The molecule has 0 spiro atoms. The lowest BCUT2D eigenvalue weighted by molar-refractivity contribution is -0.119. The zero-order valence-corrected chi connectivity index (χ0v) is 7.53. The zero-order chi connectivity index (χ0) is 8.04. The van der Waals surface area contributed by atoms with Crippen LogP contribution in [-0.2, 0) is 9.53 Å². The van der Waals surface area contributed by atoms with Crippen LogP contribution in [-0.4, -0.2) is 24.1 Å². The lowest BCUT2D eigenvalue weighted by Crippen LogP contribution is -2.28. The molecule has 0 bridgehead atoms. The summed E-state index contributed by atoms with van der Waals surface area (Å²) in [4.78, 5) is 9.94. The quantitative estimate of drug-likeness (QED) is 0.454. The Morgan fingerprint density at radius 2 is 2.20 bits per heavy atom. The molecule has 0 aromatic heterocycles. The summed E-state index contributed by atoms with van der Waals surface area (Å²) in [5.74, 6) is 0.903. The Bertz CT molecular complexity index is 99.8. The van der Waals surface area contributed by atoms with Gasteiger partial charge < -0.3 is 4.74 Å². The van der Waals surface area contributed by atoms with Crippen molar-refractivity contribution in [2.24, 2.45) is 0 Å². The second-order valence-corrected chi connectivity index (χ2v) is 3.48. The van der Waals surface area contributed by atoms with Gasteiger partial charge in [-0.05, 0) is 12.2 Å². The number of aldehydes is 1. The molecule has 1 unspecified atom stereocenters. The van der Waals surface area contributed by atoms with E-state index in [2.05, 4.69) is 0 Å². The van der Waals surface area contributed by atoms with Gasteiger partial charge in [-0.15, -0.1) is 11.8 Å². The predicted molar refractivity (Wildman–Crippen MR) is 44.2 cm³/mol. The largest absolute Gasteiger partial charge is 0.360 e. The molecule has 2 nitrogen and oxygen atoms in total. The second-order valence-electron chi connectivity index (χ2n) is 1.92. The molecule has 0 saturated carbocycles. The molecule has 60 valence electrons. The van der Waals surface area contributed by atoms with Gasteiger partial charge in [0, 0.05) is 7.11 Å². The van der Waals surface area contributed by atoms with Crippen LogP contribution in [0.4, 0.5) is 0 Å². The molecule has 0 rings (SSSR count). The number of rotatable bonds is 5. The normalized spacial score (nSPS) is 16.3. The van der Waals surface area contributed by atoms with E-state index in [1.165, 1.54) is 11.8 Å². The van der Waals surface area contributed by atoms with Crippen molar-refractivity contribution in [3.63, 3.8) is 0 Å². The van der Waals surface area contributed by atoms with Gasteiger partial charge in [-0.2, -0.15) is 0 Å². The number of methoxy groups -OCH3 is 1. The summed E-state index contributed by atoms with van der Waals surface area (Å²) < 4.78 is 5.07. The fraction of sp³-hybridized carbons (Fsp3) is 0.857. The lowest BCUT2D eigenvalue weighted by atomic mass is 10.3. The first-order valence-electron chi connectivity index (χ1n) is 3.40. The van der Waals surface area contributed by atoms with Crippen LogP contribution >= 0.6 is 11.8 Å². The second kappa shape index (κ2) is 4.74. The van der Waals surface area contributed by atoms with Crippen molar-refractivity contribution in [1.29, 1.82) is 0 Å². The van der Waals surface area contributed by atoms with Crippen LogP contribution in [0.1, 0.15) is 20.3 Å². The van der Waals surface area contributed by atoms with Crippen LogP contribution < -0.4 is 0 Å². The maximum Gasteiger partial charge on any atom is 0.168 e. The van der Waals surface area contributed by atoms with Crippen molar-refractivity contribution in [1.82, 2.24) is 0 Å². The van der Waals surface area contributed by atoms with Gasteiger partial charge >= 0.3 is 0 Å². The van der Waals surface area contributed by atoms with Crippen LogP contribution in [0.2, 0.25) is 0 Å². The third-order valence-electron chi connectivity index (χ3n) is 1.41. The van der Waals surface area contributed by atoms with Gasteiger partial charge in [0.1, 0.15) is 0 Å². The first-order valence-corrected chi connectivity index (χ1v) is 4.38. The highest BCUT2D eigenvalue weighted by molar-refractivity contribution is 8.01. The Morgan fingerprint density at radius 3 is 2.30 bits per heavy atom. The third kappa shape index (κ3) is 2.31. The predicted octanol–water partition coefficient (Wildman–Crippen LogP) is 1.69. The van der Waals surface area contributed by atoms with Crippen LogP contribution in [0.5, 0.6) is 0 Å². The maximum atomic E-state index is 10.5. The number of hydrogen-bond acceptors (Lipinski definition) is 3.